The number of hydrogen-bond acceptors (Lipinski definition) is 14. The third-order valence-corrected chi connectivity index (χ3v) is 25.7. The summed E-state index contributed by atoms with van der Waals surface area (Å²) in [7, 11) is 0. The molecule has 4 aliphatic heterocycles. The molecule has 14 heteroatoms. The van der Waals surface area contributed by atoms with E-state index in [1.807, 2.05) is 165 Å². The Labute approximate surface area is 333 Å². The van der Waals surface area contributed by atoms with Crippen LogP contribution in [0, 0.1) is 0 Å². The first-order chi connectivity index (χ1) is 22.5. The van der Waals surface area contributed by atoms with Crippen LogP contribution in [0.4, 0.5) is 0 Å². The monoisotopic (exact) mass is 860 g/mol. The van der Waals surface area contributed by atoms with Crippen molar-refractivity contribution in [1.29, 1.82) is 0 Å². The normalized spacial score (nSPS) is 18.8. The fraction of sp³-hybridized carbons (Fsp3) is 0.188. The van der Waals surface area contributed by atoms with Gasteiger partial charge in [-0.15, -0.1) is 70.6 Å². The van der Waals surface area contributed by atoms with Gasteiger partial charge in [0.05, 0.1) is 42.4 Å². The Morgan fingerprint density at radius 2 is 0.630 bits per heavy atom. The lowest BCUT2D eigenvalue weighted by Crippen LogP contribution is -1.99. The average Bonchev–Trinajstić information content (AvgIpc) is 3.91. The first-order valence-electron chi connectivity index (χ1n) is 13.5. The highest BCUT2D eigenvalue weighted by Crippen LogP contribution is 2.70. The van der Waals surface area contributed by atoms with Crippen LogP contribution < -0.4 is 0 Å². The molecule has 0 unspecified atom stereocenters. The minimum atomic E-state index is 1.25. The molecule has 0 radical (unpaired) electrons. The molecule has 0 aliphatic carbocycles. The SMILES string of the molecule is CSC1=C(SC)SC(=C2SC(SC)=C(C(C3=C(SC)SC(=C4SC(SC)=C(SC)S4)S3)=C(c3ccccc3)c3ccccc3)S2)S1. The first kappa shape index (κ1) is 37.3. The summed E-state index contributed by atoms with van der Waals surface area (Å²) in [6.45, 7) is 0. The standard InChI is InChI=1S/C32H28S14/c1-33-23-21(39-29(41-23)31-43-25(35-3)26(36-4)44-31)20(19(17-13-9-7-10-14-17)18-15-11-8-12-16-18)22-24(34-2)42-30(40-22)32-45-27(37-5)28(38-6)46-32/h7-16H,1-6H3. The second-order valence-electron chi connectivity index (χ2n) is 9.06. The van der Waals surface area contributed by atoms with E-state index >= 15 is 0 Å². The summed E-state index contributed by atoms with van der Waals surface area (Å²) in [4.78, 5) is 2.76. The third-order valence-electron chi connectivity index (χ3n) is 6.48. The van der Waals surface area contributed by atoms with Gasteiger partial charge in [0.15, 0.2) is 0 Å². The summed E-state index contributed by atoms with van der Waals surface area (Å²) in [5.41, 5.74) is 5.18. The second kappa shape index (κ2) is 17.8. The van der Waals surface area contributed by atoms with Gasteiger partial charge in [0.2, 0.25) is 0 Å². The maximum atomic E-state index is 2.28. The van der Waals surface area contributed by atoms with E-state index in [-0.39, 0.29) is 0 Å². The Kier molecular flexibility index (Phi) is 14.5. The topological polar surface area (TPSA) is 0 Å². The van der Waals surface area contributed by atoms with Crippen molar-refractivity contribution in [3.05, 3.63) is 130 Å². The largest absolute Gasteiger partial charge is 0.121 e. The molecule has 2 aromatic carbocycles. The molecule has 0 N–H and O–H groups in total. The van der Waals surface area contributed by atoms with Gasteiger partial charge in [0.25, 0.3) is 0 Å². The summed E-state index contributed by atoms with van der Waals surface area (Å²) >= 11 is 26.9. The number of hydrogen-bond donors (Lipinski definition) is 0. The second-order valence-corrected chi connectivity index (χ2v) is 24.7. The van der Waals surface area contributed by atoms with Gasteiger partial charge in [-0.05, 0) is 54.2 Å². The molecule has 2 aromatic rings. The van der Waals surface area contributed by atoms with Gasteiger partial charge < -0.3 is 0 Å². The van der Waals surface area contributed by atoms with Gasteiger partial charge in [-0.3, -0.25) is 0 Å². The highest BCUT2D eigenvalue weighted by atomic mass is 32.3. The molecule has 0 spiro atoms. The van der Waals surface area contributed by atoms with Crippen LogP contribution in [0.25, 0.3) is 5.57 Å². The Morgan fingerprint density at radius 3 is 0.935 bits per heavy atom. The van der Waals surface area contributed by atoms with E-state index in [0.29, 0.717) is 0 Å². The molecule has 0 aromatic heterocycles. The van der Waals surface area contributed by atoms with Crippen LogP contribution in [-0.2, 0) is 0 Å². The van der Waals surface area contributed by atoms with Gasteiger partial charge >= 0.3 is 0 Å². The van der Waals surface area contributed by atoms with Crippen LogP contribution >= 0.6 is 165 Å². The molecule has 4 aliphatic rings. The lowest BCUT2D eigenvalue weighted by molar-refractivity contribution is 1.50. The maximum Gasteiger partial charge on any atom is 0.0717 e. The lowest BCUT2D eigenvalue weighted by atomic mass is 9.92. The van der Waals surface area contributed by atoms with E-state index in [1.54, 1.807) is 0 Å². The summed E-state index contributed by atoms with van der Waals surface area (Å²) in [5, 5.41) is 0. The summed E-state index contributed by atoms with van der Waals surface area (Å²) in [6, 6.07) is 22.1. The molecule has 0 saturated heterocycles. The average molecular weight is 862 g/mol. The zero-order valence-electron chi connectivity index (χ0n) is 25.5. The predicted molar refractivity (Wildman–Crippen MR) is 243 cm³/mol. The van der Waals surface area contributed by atoms with Gasteiger partial charge in [-0.2, -0.15) is 0 Å². The molecule has 6 rings (SSSR count). The van der Waals surface area contributed by atoms with Crippen LogP contribution in [0.3, 0.4) is 0 Å². The van der Waals surface area contributed by atoms with Gasteiger partial charge in [0, 0.05) is 15.4 Å². The molecule has 4 heterocycles. The number of thioether (sulfide) groups is 14. The van der Waals surface area contributed by atoms with Crippen molar-refractivity contribution in [2.24, 2.45) is 0 Å². The summed E-state index contributed by atoms with van der Waals surface area (Å²) in [6.07, 6.45) is 13.3. The van der Waals surface area contributed by atoms with E-state index in [1.165, 1.54) is 74.5 Å². The van der Waals surface area contributed by atoms with Crippen molar-refractivity contribution < 1.29 is 0 Å². The number of rotatable bonds is 10. The fourth-order valence-corrected chi connectivity index (χ4v) is 22.7. The summed E-state index contributed by atoms with van der Waals surface area (Å²) < 4.78 is 14.1. The lowest BCUT2D eigenvalue weighted by Gasteiger charge is -2.20. The van der Waals surface area contributed by atoms with E-state index in [9.17, 15) is 0 Å². The Balaban J connectivity index is 1.54. The minimum absolute atomic E-state index is 1.25. The first-order valence-corrected chi connectivity index (χ1v) is 27.4. The smallest absolute Gasteiger partial charge is 0.0717 e. The third kappa shape index (κ3) is 8.10. The Bertz CT molecular complexity index is 1570. The number of benzene rings is 2. The van der Waals surface area contributed by atoms with Crippen molar-refractivity contribution in [2.45, 2.75) is 0 Å². The zero-order valence-corrected chi connectivity index (χ0v) is 36.9. The highest BCUT2D eigenvalue weighted by molar-refractivity contribution is 8.44. The van der Waals surface area contributed by atoms with E-state index in [2.05, 4.69) is 98.2 Å². The van der Waals surface area contributed by atoms with Crippen molar-refractivity contribution >= 4 is 170 Å². The van der Waals surface area contributed by atoms with Crippen LogP contribution in [0.15, 0.2) is 118 Å². The van der Waals surface area contributed by atoms with Crippen LogP contribution in [0.5, 0.6) is 0 Å². The quantitative estimate of drug-likeness (QED) is 0.223. The Hall–Kier alpha value is 1.52. The molecule has 240 valence electrons. The summed E-state index contributed by atoms with van der Waals surface area (Å²) in [5.74, 6) is 0. The fourth-order valence-electron chi connectivity index (χ4n) is 4.52. The molecular weight excluding hydrogens is 833 g/mol. The van der Waals surface area contributed by atoms with Crippen molar-refractivity contribution in [1.82, 2.24) is 0 Å². The number of allylic oxidation sites excluding steroid dienone is 2. The van der Waals surface area contributed by atoms with Gasteiger partial charge in [-0.25, -0.2) is 0 Å². The van der Waals surface area contributed by atoms with E-state index in [4.69, 9.17) is 0 Å². The van der Waals surface area contributed by atoms with Crippen molar-refractivity contribution in [3.8, 4) is 0 Å². The van der Waals surface area contributed by atoms with Gasteiger partial charge in [-0.1, -0.05) is 155 Å². The highest BCUT2D eigenvalue weighted by Gasteiger charge is 2.37. The zero-order chi connectivity index (χ0) is 32.2. The van der Waals surface area contributed by atoms with Crippen molar-refractivity contribution in [3.63, 3.8) is 0 Å². The molecule has 0 atom stereocenters. The molecule has 0 bridgehead atoms. The van der Waals surface area contributed by atoms with Crippen LogP contribution in [-0.4, -0.2) is 37.5 Å². The predicted octanol–water partition coefficient (Wildman–Crippen LogP) is 15.4. The van der Waals surface area contributed by atoms with Gasteiger partial charge in [0.1, 0.15) is 0 Å². The molecular formula is C32H28S14. The molecule has 0 saturated carbocycles. The maximum absolute atomic E-state index is 2.28. The molecule has 0 fully saturated rings. The van der Waals surface area contributed by atoms with E-state index in [0.717, 1.165) is 0 Å². The van der Waals surface area contributed by atoms with E-state index < -0.39 is 0 Å². The molecule has 46 heavy (non-hydrogen) atoms. The van der Waals surface area contributed by atoms with Crippen LogP contribution in [0.2, 0.25) is 0 Å². The Morgan fingerprint density at radius 1 is 0.348 bits per heavy atom. The van der Waals surface area contributed by atoms with Crippen molar-refractivity contribution in [2.75, 3.05) is 37.5 Å². The minimum Gasteiger partial charge on any atom is -0.121 e. The van der Waals surface area contributed by atoms with Crippen LogP contribution in [0.1, 0.15) is 11.1 Å². The molecule has 0 amide bonds. The molecule has 0 nitrogen and oxygen atoms in total.